The van der Waals surface area contributed by atoms with Crippen molar-refractivity contribution in [3.05, 3.63) is 29.8 Å². The predicted molar refractivity (Wildman–Crippen MR) is 68.6 cm³/mol. The van der Waals surface area contributed by atoms with Gasteiger partial charge in [-0.05, 0) is 6.42 Å². The van der Waals surface area contributed by atoms with E-state index in [0.29, 0.717) is 0 Å². The predicted octanol–water partition coefficient (Wildman–Crippen LogP) is 3.34. The van der Waals surface area contributed by atoms with Gasteiger partial charge in [0.15, 0.2) is 0 Å². The first-order chi connectivity index (χ1) is 7.77. The summed E-state index contributed by atoms with van der Waals surface area (Å²) in [6.45, 7) is 8.30. The molecule has 4 heteroatoms. The van der Waals surface area contributed by atoms with Crippen molar-refractivity contribution >= 4 is 6.21 Å². The number of benzene rings is 1. The molecule has 0 saturated carbocycles. The molecule has 1 aromatic carbocycles. The fourth-order valence-corrected chi connectivity index (χ4v) is 2.28. The average Bonchev–Trinajstić information content (AvgIpc) is 2.16. The molecule has 0 spiro atoms. The normalized spacial score (nSPS) is 12.4. The molecule has 18 heavy (non-hydrogen) atoms. The minimum absolute atomic E-state index is 0. The van der Waals surface area contributed by atoms with Gasteiger partial charge in [-0.15, -0.1) is 17.3 Å². The first-order valence-corrected chi connectivity index (χ1v) is 5.67. The Morgan fingerprint density at radius 2 is 1.89 bits per heavy atom. The zero-order chi connectivity index (χ0) is 13.1. The fourth-order valence-electron chi connectivity index (χ4n) is 2.28. The maximum atomic E-state index is 9.23. The third-order valence-corrected chi connectivity index (χ3v) is 2.88. The van der Waals surface area contributed by atoms with E-state index >= 15 is 0 Å². The smallest absolute Gasteiger partial charge is 0.0492 e. The monoisotopic (exact) mass is 323 g/mol. The summed E-state index contributed by atoms with van der Waals surface area (Å²) in [6.07, 6.45) is 2.39. The molecule has 1 aromatic rings. The van der Waals surface area contributed by atoms with Crippen LogP contribution in [0.3, 0.4) is 0 Å². The van der Waals surface area contributed by atoms with Crippen LogP contribution in [0.2, 0.25) is 0 Å². The SMILES string of the molecule is CC(C)(/C=N/O)CC(C)(C)c1c[c-]c(O)cc1.[Y]. The molecular formula is C14H20NO2Y-. The van der Waals surface area contributed by atoms with Crippen molar-refractivity contribution in [2.75, 3.05) is 0 Å². The Hall–Kier alpha value is -0.406. The van der Waals surface area contributed by atoms with Crippen molar-refractivity contribution in [3.63, 3.8) is 0 Å². The van der Waals surface area contributed by atoms with Crippen molar-refractivity contribution in [3.8, 4) is 5.75 Å². The molecule has 0 unspecified atom stereocenters. The number of hydrogen-bond acceptors (Lipinski definition) is 3. The van der Waals surface area contributed by atoms with Crippen molar-refractivity contribution < 1.29 is 43.0 Å². The summed E-state index contributed by atoms with van der Waals surface area (Å²) in [6, 6.07) is 8.15. The van der Waals surface area contributed by atoms with E-state index in [9.17, 15) is 5.11 Å². The van der Waals surface area contributed by atoms with Crippen molar-refractivity contribution in [1.29, 1.82) is 0 Å². The molecule has 0 atom stereocenters. The Kier molecular flexibility index (Phi) is 6.52. The Labute approximate surface area is 134 Å². The molecule has 0 heterocycles. The third kappa shape index (κ3) is 5.07. The van der Waals surface area contributed by atoms with Crippen LogP contribution in [0.5, 0.6) is 5.75 Å². The topological polar surface area (TPSA) is 52.8 Å². The Bertz CT molecular complexity index is 397. The van der Waals surface area contributed by atoms with Gasteiger partial charge in [0.05, 0.1) is 0 Å². The van der Waals surface area contributed by atoms with E-state index in [0.717, 1.165) is 12.0 Å². The molecule has 0 fully saturated rings. The van der Waals surface area contributed by atoms with Gasteiger partial charge in [0.1, 0.15) is 0 Å². The minimum Gasteiger partial charge on any atom is -0.534 e. The summed E-state index contributed by atoms with van der Waals surface area (Å²) < 4.78 is 0. The van der Waals surface area contributed by atoms with Crippen LogP contribution in [0.4, 0.5) is 0 Å². The van der Waals surface area contributed by atoms with Crippen LogP contribution in [-0.4, -0.2) is 16.5 Å². The summed E-state index contributed by atoms with van der Waals surface area (Å²) in [7, 11) is 0. The summed E-state index contributed by atoms with van der Waals surface area (Å²) in [5.41, 5.74) is 0.847. The van der Waals surface area contributed by atoms with Crippen LogP contribution in [0.25, 0.3) is 0 Å². The molecule has 0 aromatic heterocycles. The molecule has 0 bridgehead atoms. The van der Waals surface area contributed by atoms with Crippen molar-refractivity contribution in [2.24, 2.45) is 10.6 Å². The largest absolute Gasteiger partial charge is 0.534 e. The average molecular weight is 323 g/mol. The summed E-state index contributed by atoms with van der Waals surface area (Å²) >= 11 is 0. The fraction of sp³-hybridized carbons (Fsp3) is 0.500. The molecule has 0 saturated heterocycles. The maximum absolute atomic E-state index is 9.23. The van der Waals surface area contributed by atoms with Gasteiger partial charge >= 0.3 is 0 Å². The van der Waals surface area contributed by atoms with Gasteiger partial charge in [-0.25, -0.2) is 0 Å². The summed E-state index contributed by atoms with van der Waals surface area (Å²) in [5, 5.41) is 21.0. The molecular weight excluding hydrogens is 303 g/mol. The second-order valence-electron chi connectivity index (χ2n) is 5.76. The van der Waals surface area contributed by atoms with Crippen LogP contribution in [0.15, 0.2) is 23.4 Å². The van der Waals surface area contributed by atoms with Gasteiger partial charge in [-0.2, -0.15) is 17.7 Å². The quantitative estimate of drug-likeness (QED) is 0.386. The van der Waals surface area contributed by atoms with E-state index in [-0.39, 0.29) is 49.3 Å². The number of nitrogens with zero attached hydrogens (tertiary/aromatic N) is 1. The molecule has 97 valence electrons. The summed E-state index contributed by atoms with van der Waals surface area (Å²) in [5.74, 6) is 0.153. The Balaban J connectivity index is 0.00000289. The van der Waals surface area contributed by atoms with Crippen LogP contribution < -0.4 is 0 Å². The first-order valence-electron chi connectivity index (χ1n) is 5.67. The third-order valence-electron chi connectivity index (χ3n) is 2.88. The molecule has 1 radical (unpaired) electrons. The minimum atomic E-state index is -0.184. The second kappa shape index (κ2) is 6.67. The van der Waals surface area contributed by atoms with Gasteiger partial charge in [0.2, 0.25) is 0 Å². The second-order valence-corrected chi connectivity index (χ2v) is 5.76. The Morgan fingerprint density at radius 3 is 2.33 bits per heavy atom. The van der Waals surface area contributed by atoms with Gasteiger partial charge in [0, 0.05) is 50.1 Å². The maximum Gasteiger partial charge on any atom is 0.0492 e. The molecule has 2 N–H and O–H groups in total. The molecule has 0 aliphatic heterocycles. The number of hydrogen-bond donors (Lipinski definition) is 2. The van der Waals surface area contributed by atoms with Gasteiger partial charge < -0.3 is 10.3 Å². The van der Waals surface area contributed by atoms with Crippen LogP contribution >= 0.6 is 0 Å². The van der Waals surface area contributed by atoms with E-state index in [1.807, 2.05) is 26.0 Å². The molecule has 1 rings (SSSR count). The zero-order valence-electron chi connectivity index (χ0n) is 11.4. The molecule has 0 aliphatic rings. The van der Waals surface area contributed by atoms with Crippen LogP contribution in [0.1, 0.15) is 39.7 Å². The van der Waals surface area contributed by atoms with Crippen LogP contribution in [-0.2, 0) is 38.1 Å². The van der Waals surface area contributed by atoms with Gasteiger partial charge in [-0.3, -0.25) is 0 Å². The van der Waals surface area contributed by atoms with Gasteiger partial charge in [0.25, 0.3) is 0 Å². The van der Waals surface area contributed by atoms with E-state index < -0.39 is 0 Å². The molecule has 0 aliphatic carbocycles. The Morgan fingerprint density at radius 1 is 1.28 bits per heavy atom. The standard InChI is InChI=1S/C14H20NO2.Y/c1-13(2,10-15-17)9-14(3,4)11-5-7-12(16)8-6-11;/h5-7,10,16-17H,9H2,1-4H3;/q-1;/b15-10+;. The number of oxime groups is 1. The van der Waals surface area contributed by atoms with E-state index in [1.165, 1.54) is 0 Å². The zero-order valence-corrected chi connectivity index (χ0v) is 14.3. The van der Waals surface area contributed by atoms with E-state index in [2.05, 4.69) is 25.1 Å². The summed E-state index contributed by atoms with van der Waals surface area (Å²) in [4.78, 5) is 0. The van der Waals surface area contributed by atoms with Gasteiger partial charge in [-0.1, -0.05) is 33.1 Å². The van der Waals surface area contributed by atoms with Crippen molar-refractivity contribution in [2.45, 2.75) is 39.5 Å². The molecule has 0 amide bonds. The van der Waals surface area contributed by atoms with Crippen LogP contribution in [0, 0.1) is 11.5 Å². The number of rotatable bonds is 4. The molecule has 3 nitrogen and oxygen atoms in total. The van der Waals surface area contributed by atoms with E-state index in [4.69, 9.17) is 5.21 Å². The number of phenols is 1. The van der Waals surface area contributed by atoms with E-state index in [1.54, 1.807) is 12.3 Å². The first kappa shape index (κ1) is 17.6. The van der Waals surface area contributed by atoms with Crippen molar-refractivity contribution in [1.82, 2.24) is 0 Å². The number of aromatic hydroxyl groups is 1. The number of phenolic OH excluding ortho intramolecular Hbond substituents is 1.